The molecule has 2 aromatic rings. The molecule has 0 spiro atoms. The van der Waals surface area contributed by atoms with Crippen molar-refractivity contribution in [3.8, 4) is 0 Å². The minimum absolute atomic E-state index is 0.190. The summed E-state index contributed by atoms with van der Waals surface area (Å²) in [5.41, 5.74) is 1.42. The van der Waals surface area contributed by atoms with Crippen molar-refractivity contribution in [2.75, 3.05) is 7.11 Å². The lowest BCUT2D eigenvalue weighted by molar-refractivity contribution is 0.0933. The highest BCUT2D eigenvalue weighted by atomic mass is 16.5. The van der Waals surface area contributed by atoms with Crippen LogP contribution in [0.2, 0.25) is 0 Å². The standard InChI is InChI=1S/C12H15N5O2/c1-8(11-14-16-17-15-11)13-12(18)10-6-4-3-5-9(10)7-19-2/h3-6,8H,7H2,1-2H3,(H,13,18)(H,14,15,16,17). The highest BCUT2D eigenvalue weighted by Crippen LogP contribution is 2.12. The molecule has 19 heavy (non-hydrogen) atoms. The smallest absolute Gasteiger partial charge is 0.252 e. The minimum Gasteiger partial charge on any atom is -0.380 e. The number of tetrazole rings is 1. The summed E-state index contributed by atoms with van der Waals surface area (Å²) < 4.78 is 5.08. The summed E-state index contributed by atoms with van der Waals surface area (Å²) in [7, 11) is 1.59. The van der Waals surface area contributed by atoms with Gasteiger partial charge >= 0.3 is 0 Å². The molecule has 0 aliphatic rings. The zero-order chi connectivity index (χ0) is 13.7. The molecule has 0 aliphatic carbocycles. The predicted molar refractivity (Wildman–Crippen MR) is 67.2 cm³/mol. The molecule has 0 radical (unpaired) electrons. The first-order valence-electron chi connectivity index (χ1n) is 5.83. The number of benzene rings is 1. The fraction of sp³-hybridized carbons (Fsp3) is 0.333. The summed E-state index contributed by atoms with van der Waals surface area (Å²) in [5, 5.41) is 16.3. The van der Waals surface area contributed by atoms with Gasteiger partial charge in [0.15, 0.2) is 5.82 Å². The molecular weight excluding hydrogens is 246 g/mol. The summed E-state index contributed by atoms with van der Waals surface area (Å²) >= 11 is 0. The number of amides is 1. The Labute approximate surface area is 110 Å². The van der Waals surface area contributed by atoms with E-state index in [1.54, 1.807) is 20.1 Å². The SMILES string of the molecule is COCc1ccccc1C(=O)NC(C)c1nn[nH]n1. The third kappa shape index (κ3) is 3.14. The van der Waals surface area contributed by atoms with Crippen molar-refractivity contribution < 1.29 is 9.53 Å². The quantitative estimate of drug-likeness (QED) is 0.831. The Morgan fingerprint density at radius 2 is 2.26 bits per heavy atom. The van der Waals surface area contributed by atoms with Crippen LogP contribution in [0.1, 0.15) is 34.7 Å². The number of nitrogens with one attached hydrogen (secondary N) is 2. The van der Waals surface area contributed by atoms with E-state index in [1.165, 1.54) is 0 Å². The maximum atomic E-state index is 12.2. The third-order valence-corrected chi connectivity index (χ3v) is 2.66. The molecule has 0 bridgehead atoms. The highest BCUT2D eigenvalue weighted by Gasteiger charge is 2.16. The molecule has 0 fully saturated rings. The third-order valence-electron chi connectivity index (χ3n) is 2.66. The lowest BCUT2D eigenvalue weighted by Gasteiger charge is -2.12. The van der Waals surface area contributed by atoms with Gasteiger partial charge in [-0.2, -0.15) is 5.21 Å². The Balaban J connectivity index is 2.11. The van der Waals surface area contributed by atoms with Crippen molar-refractivity contribution in [3.05, 3.63) is 41.2 Å². The zero-order valence-corrected chi connectivity index (χ0v) is 10.8. The predicted octanol–water partition coefficient (Wildman–Crippen LogP) is 0.837. The maximum Gasteiger partial charge on any atom is 0.252 e. The van der Waals surface area contributed by atoms with Gasteiger partial charge in [0, 0.05) is 12.7 Å². The van der Waals surface area contributed by atoms with Crippen molar-refractivity contribution in [3.63, 3.8) is 0 Å². The molecule has 1 heterocycles. The first-order valence-corrected chi connectivity index (χ1v) is 5.83. The molecule has 1 aromatic heterocycles. The van der Waals surface area contributed by atoms with E-state index < -0.39 is 0 Å². The molecule has 2 rings (SSSR count). The number of methoxy groups -OCH3 is 1. The van der Waals surface area contributed by atoms with E-state index in [0.717, 1.165) is 5.56 Å². The summed E-state index contributed by atoms with van der Waals surface area (Å²) in [5.74, 6) is 0.252. The molecule has 7 heteroatoms. The molecule has 0 aliphatic heterocycles. The number of carbonyl (C=O) groups is 1. The van der Waals surface area contributed by atoms with Crippen LogP contribution in [-0.2, 0) is 11.3 Å². The summed E-state index contributed by atoms with van der Waals surface area (Å²) in [4.78, 5) is 12.2. The Morgan fingerprint density at radius 3 is 2.95 bits per heavy atom. The largest absolute Gasteiger partial charge is 0.380 e. The average molecular weight is 261 g/mol. The van der Waals surface area contributed by atoms with E-state index in [4.69, 9.17) is 4.74 Å². The van der Waals surface area contributed by atoms with Gasteiger partial charge in [-0.05, 0) is 18.6 Å². The monoisotopic (exact) mass is 261 g/mol. The normalized spacial score (nSPS) is 12.1. The highest BCUT2D eigenvalue weighted by molar-refractivity contribution is 5.95. The number of nitrogens with zero attached hydrogens (tertiary/aromatic N) is 3. The molecule has 1 unspecified atom stereocenters. The Morgan fingerprint density at radius 1 is 1.47 bits per heavy atom. The van der Waals surface area contributed by atoms with Gasteiger partial charge in [-0.25, -0.2) is 0 Å². The second-order valence-corrected chi connectivity index (χ2v) is 4.06. The number of H-pyrrole nitrogens is 1. The fourth-order valence-electron chi connectivity index (χ4n) is 1.72. The Bertz CT molecular complexity index is 541. The summed E-state index contributed by atoms with van der Waals surface area (Å²) in [6.07, 6.45) is 0. The minimum atomic E-state index is -0.318. The zero-order valence-electron chi connectivity index (χ0n) is 10.8. The molecule has 100 valence electrons. The molecule has 1 aromatic carbocycles. The number of aromatic amines is 1. The van der Waals surface area contributed by atoms with E-state index in [0.29, 0.717) is 18.0 Å². The van der Waals surface area contributed by atoms with Gasteiger partial charge in [0.1, 0.15) is 0 Å². The van der Waals surface area contributed by atoms with Crippen LogP contribution in [0.25, 0.3) is 0 Å². The number of aromatic nitrogens is 4. The lowest BCUT2D eigenvalue weighted by atomic mass is 10.1. The van der Waals surface area contributed by atoms with Crippen molar-refractivity contribution in [2.45, 2.75) is 19.6 Å². The molecule has 0 saturated heterocycles. The first kappa shape index (κ1) is 13.2. The lowest BCUT2D eigenvalue weighted by Crippen LogP contribution is -2.28. The van der Waals surface area contributed by atoms with Crippen molar-refractivity contribution in [1.29, 1.82) is 0 Å². The van der Waals surface area contributed by atoms with Crippen LogP contribution in [0.5, 0.6) is 0 Å². The van der Waals surface area contributed by atoms with E-state index in [-0.39, 0.29) is 11.9 Å². The van der Waals surface area contributed by atoms with Crippen molar-refractivity contribution >= 4 is 5.91 Å². The average Bonchev–Trinajstić information content (AvgIpc) is 2.93. The van der Waals surface area contributed by atoms with Gasteiger partial charge in [-0.1, -0.05) is 23.4 Å². The van der Waals surface area contributed by atoms with E-state index in [1.807, 2.05) is 18.2 Å². The number of carbonyl (C=O) groups excluding carboxylic acids is 1. The van der Waals surface area contributed by atoms with E-state index >= 15 is 0 Å². The fourth-order valence-corrected chi connectivity index (χ4v) is 1.72. The van der Waals surface area contributed by atoms with Crippen LogP contribution in [-0.4, -0.2) is 33.6 Å². The molecule has 0 saturated carbocycles. The van der Waals surface area contributed by atoms with Crippen molar-refractivity contribution in [2.24, 2.45) is 0 Å². The Kier molecular flexibility index (Phi) is 4.19. The van der Waals surface area contributed by atoms with Gasteiger partial charge in [0.2, 0.25) is 0 Å². The van der Waals surface area contributed by atoms with Gasteiger partial charge < -0.3 is 10.1 Å². The van der Waals surface area contributed by atoms with Crippen LogP contribution < -0.4 is 5.32 Å². The number of hydrogen-bond acceptors (Lipinski definition) is 5. The van der Waals surface area contributed by atoms with Crippen LogP contribution in [0, 0.1) is 0 Å². The van der Waals surface area contributed by atoms with Gasteiger partial charge in [0.25, 0.3) is 5.91 Å². The van der Waals surface area contributed by atoms with Crippen LogP contribution in [0.3, 0.4) is 0 Å². The summed E-state index contributed by atoms with van der Waals surface area (Å²) in [6.45, 7) is 2.18. The second kappa shape index (κ2) is 6.05. The molecule has 1 atom stereocenters. The molecule has 1 amide bonds. The summed E-state index contributed by atoms with van der Waals surface area (Å²) in [6, 6.07) is 6.98. The second-order valence-electron chi connectivity index (χ2n) is 4.06. The number of hydrogen-bond donors (Lipinski definition) is 2. The van der Waals surface area contributed by atoms with E-state index in [2.05, 4.69) is 25.9 Å². The molecule has 2 N–H and O–H groups in total. The van der Waals surface area contributed by atoms with Gasteiger partial charge in [-0.15, -0.1) is 10.2 Å². The van der Waals surface area contributed by atoms with Crippen LogP contribution in [0.4, 0.5) is 0 Å². The number of ether oxygens (including phenoxy) is 1. The maximum absolute atomic E-state index is 12.2. The molecule has 7 nitrogen and oxygen atoms in total. The van der Waals surface area contributed by atoms with Crippen LogP contribution >= 0.6 is 0 Å². The Hall–Kier alpha value is -2.28. The molecular formula is C12H15N5O2. The van der Waals surface area contributed by atoms with Crippen LogP contribution in [0.15, 0.2) is 24.3 Å². The van der Waals surface area contributed by atoms with Crippen molar-refractivity contribution in [1.82, 2.24) is 25.9 Å². The first-order chi connectivity index (χ1) is 9.22. The number of rotatable bonds is 5. The van der Waals surface area contributed by atoms with Gasteiger partial charge in [-0.3, -0.25) is 4.79 Å². The topological polar surface area (TPSA) is 92.8 Å². The van der Waals surface area contributed by atoms with Gasteiger partial charge in [0.05, 0.1) is 12.6 Å². The van der Waals surface area contributed by atoms with E-state index in [9.17, 15) is 4.79 Å².